The normalized spacial score (nSPS) is 20.2. The Morgan fingerprint density at radius 2 is 1.67 bits per heavy atom. The maximum absolute atomic E-state index is 12.2. The Hall–Kier alpha value is -1.63. The lowest BCUT2D eigenvalue weighted by atomic mass is 9.70. The van der Waals surface area contributed by atoms with E-state index in [1.165, 1.54) is 9.80 Å². The summed E-state index contributed by atoms with van der Waals surface area (Å²) in [7, 11) is 3.11. The van der Waals surface area contributed by atoms with E-state index < -0.39 is 17.9 Å². The Morgan fingerprint density at radius 1 is 1.12 bits per heavy atom. The van der Waals surface area contributed by atoms with E-state index >= 15 is 0 Å². The fraction of sp³-hybridized carbons (Fsp3) is 0.824. The van der Waals surface area contributed by atoms with E-state index in [2.05, 4.69) is 6.92 Å². The fourth-order valence-corrected chi connectivity index (χ4v) is 3.31. The Labute approximate surface area is 143 Å². The number of likely N-dealkylation sites (tertiary alicyclic amines) is 2. The molecule has 2 fully saturated rings. The average Bonchev–Trinajstić information content (AvgIpc) is 2.39. The first-order valence-corrected chi connectivity index (χ1v) is 8.50. The highest BCUT2D eigenvalue weighted by molar-refractivity contribution is 6.34. The third kappa shape index (κ3) is 3.71. The molecule has 1 atom stereocenters. The maximum Gasteiger partial charge on any atom is 0.312 e. The molecular formula is C17H29N3O4. The van der Waals surface area contributed by atoms with Crippen LogP contribution in [0.15, 0.2) is 0 Å². The van der Waals surface area contributed by atoms with Gasteiger partial charge in [0.25, 0.3) is 5.91 Å². The number of nitrogens with zero attached hydrogens (tertiary/aromatic N) is 3. The van der Waals surface area contributed by atoms with Gasteiger partial charge in [-0.2, -0.15) is 0 Å². The Morgan fingerprint density at radius 3 is 2.12 bits per heavy atom. The number of rotatable bonds is 4. The highest BCUT2D eigenvalue weighted by Gasteiger charge is 2.44. The van der Waals surface area contributed by atoms with Crippen molar-refractivity contribution >= 4 is 17.7 Å². The second kappa shape index (κ2) is 6.70. The molecule has 3 amide bonds. The smallest absolute Gasteiger partial charge is 0.312 e. The molecule has 1 unspecified atom stereocenters. The molecular weight excluding hydrogens is 310 g/mol. The molecule has 0 aromatic heterocycles. The molecule has 7 heteroatoms. The van der Waals surface area contributed by atoms with E-state index in [4.69, 9.17) is 0 Å². The predicted octanol–water partition coefficient (Wildman–Crippen LogP) is -0.211. The number of aliphatic hydroxyl groups excluding tert-OH is 1. The molecule has 0 aromatic rings. The van der Waals surface area contributed by atoms with Crippen molar-refractivity contribution in [3.63, 3.8) is 0 Å². The van der Waals surface area contributed by atoms with Gasteiger partial charge in [0.05, 0.1) is 0 Å². The number of aliphatic hydroxyl groups is 1. The van der Waals surface area contributed by atoms with Gasteiger partial charge in [-0.15, -0.1) is 0 Å². The third-order valence-corrected chi connectivity index (χ3v) is 5.24. The Balaban J connectivity index is 1.83. The minimum Gasteiger partial charge on any atom is -0.383 e. The van der Waals surface area contributed by atoms with Gasteiger partial charge in [-0.3, -0.25) is 14.4 Å². The SMILES string of the molecule is CC1CN(C(=O)C(O)CC(C)(C)C2CN(C(=O)C(=O)N(C)C)C2)C1. The quantitative estimate of drug-likeness (QED) is 0.719. The molecule has 136 valence electrons. The first-order chi connectivity index (χ1) is 11.0. The van der Waals surface area contributed by atoms with Crippen molar-refractivity contribution in [1.82, 2.24) is 14.7 Å². The zero-order valence-corrected chi connectivity index (χ0v) is 15.3. The van der Waals surface area contributed by atoms with E-state index in [0.717, 1.165) is 0 Å². The van der Waals surface area contributed by atoms with Crippen LogP contribution in [0.5, 0.6) is 0 Å². The van der Waals surface area contributed by atoms with Crippen LogP contribution in [0, 0.1) is 17.3 Å². The number of hydrogen-bond donors (Lipinski definition) is 1. The molecule has 0 saturated carbocycles. The Bertz CT molecular complexity index is 520. The van der Waals surface area contributed by atoms with Gasteiger partial charge < -0.3 is 19.8 Å². The summed E-state index contributed by atoms with van der Waals surface area (Å²) in [5.41, 5.74) is -0.274. The van der Waals surface area contributed by atoms with E-state index in [0.29, 0.717) is 38.5 Å². The van der Waals surface area contributed by atoms with Crippen molar-refractivity contribution in [2.75, 3.05) is 40.3 Å². The number of amides is 3. The van der Waals surface area contributed by atoms with Gasteiger partial charge in [0.15, 0.2) is 0 Å². The van der Waals surface area contributed by atoms with Gasteiger partial charge in [-0.1, -0.05) is 20.8 Å². The van der Waals surface area contributed by atoms with Crippen LogP contribution in [0.2, 0.25) is 0 Å². The summed E-state index contributed by atoms with van der Waals surface area (Å²) in [6, 6.07) is 0. The zero-order valence-electron chi connectivity index (χ0n) is 15.3. The van der Waals surface area contributed by atoms with Gasteiger partial charge in [0.2, 0.25) is 0 Å². The summed E-state index contributed by atoms with van der Waals surface area (Å²) in [5.74, 6) is -0.522. The monoisotopic (exact) mass is 339 g/mol. The van der Waals surface area contributed by atoms with Crippen LogP contribution in [0.25, 0.3) is 0 Å². The number of hydrogen-bond acceptors (Lipinski definition) is 4. The van der Waals surface area contributed by atoms with Crippen molar-refractivity contribution < 1.29 is 19.5 Å². The molecule has 7 nitrogen and oxygen atoms in total. The van der Waals surface area contributed by atoms with E-state index in [1.807, 2.05) is 13.8 Å². The minimum atomic E-state index is -0.999. The standard InChI is InChI=1S/C17H29N3O4/c1-11-7-19(8-11)14(22)13(21)6-17(2,3)12-9-20(10-12)16(24)15(23)18(4)5/h11-13,21H,6-10H2,1-5H3. The lowest BCUT2D eigenvalue weighted by Crippen LogP contribution is -2.59. The van der Waals surface area contributed by atoms with E-state index in [1.54, 1.807) is 19.0 Å². The van der Waals surface area contributed by atoms with Gasteiger partial charge in [0.1, 0.15) is 6.10 Å². The molecule has 0 bridgehead atoms. The van der Waals surface area contributed by atoms with Crippen molar-refractivity contribution in [2.45, 2.75) is 33.3 Å². The van der Waals surface area contributed by atoms with Crippen molar-refractivity contribution in [1.29, 1.82) is 0 Å². The second-order valence-electron chi connectivity index (χ2n) is 8.16. The maximum atomic E-state index is 12.2. The van der Waals surface area contributed by atoms with E-state index in [9.17, 15) is 19.5 Å². The molecule has 0 radical (unpaired) electrons. The van der Waals surface area contributed by atoms with Crippen LogP contribution in [0.1, 0.15) is 27.2 Å². The molecule has 2 rings (SSSR count). The Kier molecular flexibility index (Phi) is 5.22. The molecule has 0 aromatic carbocycles. The van der Waals surface area contributed by atoms with Gasteiger partial charge in [-0.25, -0.2) is 0 Å². The summed E-state index contributed by atoms with van der Waals surface area (Å²) < 4.78 is 0. The lowest BCUT2D eigenvalue weighted by molar-refractivity contribution is -0.158. The van der Waals surface area contributed by atoms with Crippen LogP contribution in [0.4, 0.5) is 0 Å². The van der Waals surface area contributed by atoms with Crippen molar-refractivity contribution in [3.8, 4) is 0 Å². The predicted molar refractivity (Wildman–Crippen MR) is 88.9 cm³/mol. The molecule has 2 aliphatic heterocycles. The molecule has 0 spiro atoms. The highest BCUT2D eigenvalue weighted by atomic mass is 16.3. The third-order valence-electron chi connectivity index (χ3n) is 5.24. The second-order valence-corrected chi connectivity index (χ2v) is 8.16. The molecule has 24 heavy (non-hydrogen) atoms. The van der Waals surface area contributed by atoms with Gasteiger partial charge in [-0.05, 0) is 23.7 Å². The summed E-state index contributed by atoms with van der Waals surface area (Å²) in [6.45, 7) is 8.50. The topological polar surface area (TPSA) is 81.2 Å². The molecule has 2 heterocycles. The van der Waals surface area contributed by atoms with Crippen LogP contribution in [0.3, 0.4) is 0 Å². The average molecular weight is 339 g/mol. The lowest BCUT2D eigenvalue weighted by Gasteiger charge is -2.48. The summed E-state index contributed by atoms with van der Waals surface area (Å²) >= 11 is 0. The number of carbonyl (C=O) groups is 3. The fourth-order valence-electron chi connectivity index (χ4n) is 3.31. The van der Waals surface area contributed by atoms with Crippen LogP contribution >= 0.6 is 0 Å². The zero-order chi connectivity index (χ0) is 18.2. The first kappa shape index (κ1) is 18.7. The first-order valence-electron chi connectivity index (χ1n) is 8.50. The van der Waals surface area contributed by atoms with E-state index in [-0.39, 0.29) is 17.2 Å². The summed E-state index contributed by atoms with van der Waals surface area (Å²) in [4.78, 5) is 40.3. The summed E-state index contributed by atoms with van der Waals surface area (Å²) in [6.07, 6.45) is -0.633. The summed E-state index contributed by atoms with van der Waals surface area (Å²) in [5, 5.41) is 10.2. The van der Waals surface area contributed by atoms with Gasteiger partial charge >= 0.3 is 11.8 Å². The number of likely N-dealkylation sites (N-methyl/N-ethyl adjacent to an activating group) is 1. The molecule has 0 aliphatic carbocycles. The number of carbonyl (C=O) groups excluding carboxylic acids is 3. The van der Waals surface area contributed by atoms with Crippen molar-refractivity contribution in [3.05, 3.63) is 0 Å². The largest absolute Gasteiger partial charge is 0.383 e. The highest BCUT2D eigenvalue weighted by Crippen LogP contribution is 2.38. The molecule has 2 saturated heterocycles. The van der Waals surface area contributed by atoms with Crippen LogP contribution < -0.4 is 0 Å². The minimum absolute atomic E-state index is 0.175. The van der Waals surface area contributed by atoms with Crippen LogP contribution in [-0.2, 0) is 14.4 Å². The van der Waals surface area contributed by atoms with Gasteiger partial charge in [0, 0.05) is 40.3 Å². The molecule has 1 N–H and O–H groups in total. The molecule has 2 aliphatic rings. The van der Waals surface area contributed by atoms with Crippen LogP contribution in [-0.4, -0.2) is 83.9 Å². The van der Waals surface area contributed by atoms with Crippen molar-refractivity contribution in [2.24, 2.45) is 17.3 Å².